The fourth-order valence-corrected chi connectivity index (χ4v) is 3.59. The van der Waals surface area contributed by atoms with Gasteiger partial charge in [-0.1, -0.05) is 20.3 Å². The van der Waals surface area contributed by atoms with Crippen LogP contribution in [0.4, 0.5) is 4.79 Å². The summed E-state index contributed by atoms with van der Waals surface area (Å²) in [5.41, 5.74) is -0.484. The van der Waals surface area contributed by atoms with E-state index >= 15 is 0 Å². The van der Waals surface area contributed by atoms with Crippen molar-refractivity contribution < 1.29 is 14.6 Å². The van der Waals surface area contributed by atoms with Gasteiger partial charge in [0.15, 0.2) is 0 Å². The van der Waals surface area contributed by atoms with Gasteiger partial charge in [0.1, 0.15) is 5.60 Å². The first-order valence-electron chi connectivity index (χ1n) is 8.90. The number of aliphatic hydroxyl groups is 1. The van der Waals surface area contributed by atoms with Crippen LogP contribution in [-0.4, -0.2) is 39.9 Å². The molecule has 4 atom stereocenters. The van der Waals surface area contributed by atoms with Gasteiger partial charge in [0.25, 0.3) is 0 Å². The second-order valence-electron chi connectivity index (χ2n) is 7.66. The van der Waals surface area contributed by atoms with E-state index in [2.05, 4.69) is 20.8 Å². The van der Waals surface area contributed by atoms with Crippen LogP contribution in [0.3, 0.4) is 0 Å². The molecule has 1 saturated heterocycles. The highest BCUT2D eigenvalue weighted by Gasteiger charge is 2.40. The zero-order chi connectivity index (χ0) is 16.9. The van der Waals surface area contributed by atoms with Gasteiger partial charge in [0.2, 0.25) is 0 Å². The predicted octanol–water partition coefficient (Wildman–Crippen LogP) is 4.35. The third kappa shape index (κ3) is 5.15. The predicted molar refractivity (Wildman–Crippen MR) is 89.9 cm³/mol. The minimum atomic E-state index is -0.484. The van der Waals surface area contributed by atoms with Crippen LogP contribution >= 0.6 is 0 Å². The third-order valence-corrected chi connectivity index (χ3v) is 4.60. The Hall–Kier alpha value is -0.770. The van der Waals surface area contributed by atoms with Gasteiger partial charge in [-0.2, -0.15) is 0 Å². The summed E-state index contributed by atoms with van der Waals surface area (Å²) in [5, 5.41) is 10.5. The van der Waals surface area contributed by atoms with E-state index in [1.54, 1.807) is 0 Å². The Kier molecular flexibility index (Phi) is 7.17. The molecule has 1 fully saturated rings. The van der Waals surface area contributed by atoms with Crippen LogP contribution in [0.25, 0.3) is 0 Å². The lowest BCUT2D eigenvalue weighted by Gasteiger charge is -2.45. The second kappa shape index (κ2) is 8.19. The first kappa shape index (κ1) is 19.3. The monoisotopic (exact) mass is 313 g/mol. The van der Waals surface area contributed by atoms with Crippen molar-refractivity contribution in [1.29, 1.82) is 0 Å². The summed E-state index contributed by atoms with van der Waals surface area (Å²) in [6.45, 7) is 12.0. The highest BCUT2D eigenvalue weighted by Crippen LogP contribution is 2.33. The first-order valence-corrected chi connectivity index (χ1v) is 8.90. The standard InChI is InChI=1S/C18H35NO3/c1-7-10-16(20)14(8-2)15-12-9-11-13(3)19(15)17(21)22-18(4,5)6/h13-16,20H,7-12H2,1-6H3. The summed E-state index contributed by atoms with van der Waals surface area (Å²) in [5.74, 6) is 0.134. The maximum Gasteiger partial charge on any atom is 0.410 e. The molecule has 1 aliphatic heterocycles. The minimum absolute atomic E-state index is 0.0881. The van der Waals surface area contributed by atoms with Crippen molar-refractivity contribution in [3.63, 3.8) is 0 Å². The van der Waals surface area contributed by atoms with Crippen LogP contribution in [0, 0.1) is 5.92 Å². The molecule has 4 unspecified atom stereocenters. The fourth-order valence-electron chi connectivity index (χ4n) is 3.59. The number of piperidine rings is 1. The summed E-state index contributed by atoms with van der Waals surface area (Å²) < 4.78 is 5.62. The molecule has 1 aliphatic rings. The molecular weight excluding hydrogens is 278 g/mol. The molecule has 0 spiro atoms. The maximum atomic E-state index is 12.7. The quantitative estimate of drug-likeness (QED) is 0.821. The van der Waals surface area contributed by atoms with Crippen LogP contribution in [0.2, 0.25) is 0 Å². The fraction of sp³-hybridized carbons (Fsp3) is 0.944. The maximum absolute atomic E-state index is 12.7. The Morgan fingerprint density at radius 3 is 2.45 bits per heavy atom. The van der Waals surface area contributed by atoms with Gasteiger partial charge in [0, 0.05) is 18.0 Å². The number of aliphatic hydroxyl groups excluding tert-OH is 1. The molecule has 1 rings (SSSR count). The van der Waals surface area contributed by atoms with Crippen molar-refractivity contribution in [3.05, 3.63) is 0 Å². The van der Waals surface area contributed by atoms with Gasteiger partial charge in [-0.3, -0.25) is 0 Å². The van der Waals surface area contributed by atoms with E-state index in [-0.39, 0.29) is 30.2 Å². The number of amides is 1. The van der Waals surface area contributed by atoms with E-state index in [1.165, 1.54) is 0 Å². The Balaban J connectivity index is 2.94. The van der Waals surface area contributed by atoms with Gasteiger partial charge in [-0.25, -0.2) is 4.79 Å². The smallest absolute Gasteiger partial charge is 0.410 e. The van der Waals surface area contributed by atoms with Gasteiger partial charge in [-0.05, 0) is 59.8 Å². The van der Waals surface area contributed by atoms with Gasteiger partial charge in [0.05, 0.1) is 6.10 Å². The molecule has 0 bridgehead atoms. The molecule has 1 amide bonds. The number of rotatable bonds is 5. The lowest BCUT2D eigenvalue weighted by molar-refractivity contribution is -0.0332. The number of ether oxygens (including phenoxy) is 1. The zero-order valence-electron chi connectivity index (χ0n) is 15.3. The van der Waals surface area contributed by atoms with E-state index in [1.807, 2.05) is 25.7 Å². The van der Waals surface area contributed by atoms with Crippen molar-refractivity contribution in [2.24, 2.45) is 5.92 Å². The molecular formula is C18H35NO3. The van der Waals surface area contributed by atoms with Crippen molar-refractivity contribution in [1.82, 2.24) is 4.90 Å². The number of hydrogen-bond donors (Lipinski definition) is 1. The zero-order valence-corrected chi connectivity index (χ0v) is 15.3. The molecule has 0 aliphatic carbocycles. The summed E-state index contributed by atoms with van der Waals surface area (Å²) in [4.78, 5) is 14.6. The second-order valence-corrected chi connectivity index (χ2v) is 7.66. The summed E-state index contributed by atoms with van der Waals surface area (Å²) in [6.07, 6.45) is 5.16. The van der Waals surface area contributed by atoms with Crippen LogP contribution < -0.4 is 0 Å². The molecule has 0 saturated carbocycles. The topological polar surface area (TPSA) is 49.8 Å². The Bertz CT molecular complexity index is 351. The largest absolute Gasteiger partial charge is 0.444 e. The molecule has 0 aromatic rings. The van der Waals surface area contributed by atoms with Crippen molar-refractivity contribution in [3.8, 4) is 0 Å². The summed E-state index contributed by atoms with van der Waals surface area (Å²) >= 11 is 0. The lowest BCUT2D eigenvalue weighted by atomic mass is 9.82. The molecule has 4 heteroatoms. The van der Waals surface area contributed by atoms with E-state index in [4.69, 9.17) is 4.74 Å². The summed E-state index contributed by atoms with van der Waals surface area (Å²) in [7, 11) is 0. The van der Waals surface area contributed by atoms with Gasteiger partial charge < -0.3 is 14.7 Å². The average Bonchev–Trinajstić information content (AvgIpc) is 2.37. The van der Waals surface area contributed by atoms with E-state index in [0.717, 1.165) is 38.5 Å². The first-order chi connectivity index (χ1) is 10.2. The molecule has 0 radical (unpaired) electrons. The number of carbonyl (C=O) groups is 1. The number of likely N-dealkylation sites (tertiary alicyclic amines) is 1. The van der Waals surface area contributed by atoms with Gasteiger partial charge in [-0.15, -0.1) is 0 Å². The molecule has 0 aromatic carbocycles. The highest BCUT2D eigenvalue weighted by molar-refractivity contribution is 5.69. The number of nitrogens with zero attached hydrogens (tertiary/aromatic N) is 1. The highest BCUT2D eigenvalue weighted by atomic mass is 16.6. The minimum Gasteiger partial charge on any atom is -0.444 e. The Morgan fingerprint density at radius 2 is 1.95 bits per heavy atom. The molecule has 4 nitrogen and oxygen atoms in total. The Morgan fingerprint density at radius 1 is 1.32 bits per heavy atom. The SMILES string of the molecule is CCCC(O)C(CC)C1CCCC(C)N1C(=O)OC(C)(C)C. The molecule has 130 valence electrons. The van der Waals surface area contributed by atoms with Crippen LogP contribution in [-0.2, 0) is 4.74 Å². The molecule has 0 aromatic heterocycles. The number of carbonyl (C=O) groups excluding carboxylic acids is 1. The van der Waals surface area contributed by atoms with Crippen molar-refractivity contribution in [2.75, 3.05) is 0 Å². The Labute approximate surface area is 136 Å². The summed E-state index contributed by atoms with van der Waals surface area (Å²) in [6, 6.07) is 0.265. The van der Waals surface area contributed by atoms with E-state index < -0.39 is 5.60 Å². The third-order valence-electron chi connectivity index (χ3n) is 4.60. The van der Waals surface area contributed by atoms with E-state index in [0.29, 0.717) is 0 Å². The lowest BCUT2D eigenvalue weighted by Crippen LogP contribution is -2.55. The normalized spacial score (nSPS) is 25.7. The van der Waals surface area contributed by atoms with Crippen molar-refractivity contribution >= 4 is 6.09 Å². The van der Waals surface area contributed by atoms with Crippen molar-refractivity contribution in [2.45, 2.75) is 104 Å². The van der Waals surface area contributed by atoms with Gasteiger partial charge >= 0.3 is 6.09 Å². The van der Waals surface area contributed by atoms with Crippen LogP contribution in [0.15, 0.2) is 0 Å². The van der Waals surface area contributed by atoms with Crippen LogP contribution in [0.5, 0.6) is 0 Å². The molecule has 1 N–H and O–H groups in total. The molecule has 22 heavy (non-hydrogen) atoms. The van der Waals surface area contributed by atoms with E-state index in [9.17, 15) is 9.90 Å². The van der Waals surface area contributed by atoms with Crippen LogP contribution in [0.1, 0.15) is 80.1 Å². The molecule has 1 heterocycles. The number of hydrogen-bond acceptors (Lipinski definition) is 3. The average molecular weight is 313 g/mol.